The van der Waals surface area contributed by atoms with Crippen LogP contribution in [-0.4, -0.2) is 28.1 Å². The van der Waals surface area contributed by atoms with Crippen molar-refractivity contribution in [1.29, 1.82) is 0 Å². The van der Waals surface area contributed by atoms with E-state index >= 15 is 0 Å². The highest BCUT2D eigenvalue weighted by molar-refractivity contribution is 5.83. The van der Waals surface area contributed by atoms with E-state index in [4.69, 9.17) is 4.74 Å². The number of rotatable bonds is 7. The number of anilines is 1. The van der Waals surface area contributed by atoms with Gasteiger partial charge in [0.15, 0.2) is 0 Å². The van der Waals surface area contributed by atoms with Gasteiger partial charge in [0.1, 0.15) is 17.9 Å². The molecule has 29 heavy (non-hydrogen) atoms. The Morgan fingerprint density at radius 2 is 1.93 bits per heavy atom. The molecule has 0 aromatic heterocycles. The number of allylic oxidation sites excluding steroid dienone is 4. The maximum absolute atomic E-state index is 11.2. The Balaban J connectivity index is 1.63. The number of hydrogen-bond donors (Lipinski definition) is 2. The van der Waals surface area contributed by atoms with Crippen molar-refractivity contribution < 1.29 is 15.1 Å². The number of nitrogens with zero attached hydrogens (tertiary/aromatic N) is 1. The normalized spacial score (nSPS) is 23.3. The van der Waals surface area contributed by atoms with Crippen LogP contribution in [0.15, 0.2) is 53.3 Å². The van der Waals surface area contributed by atoms with Crippen molar-refractivity contribution in [3.63, 3.8) is 0 Å². The fourth-order valence-electron chi connectivity index (χ4n) is 4.20. The summed E-state index contributed by atoms with van der Waals surface area (Å²) in [7, 11) is 0. The molecule has 2 N–H and O–H groups in total. The Morgan fingerprint density at radius 1 is 1.21 bits per heavy atom. The highest BCUT2D eigenvalue weighted by atomic mass is 16.5. The molecule has 3 rings (SSSR count). The zero-order chi connectivity index (χ0) is 21.2. The fourth-order valence-corrected chi connectivity index (χ4v) is 4.20. The molecule has 0 saturated carbocycles. The largest absolute Gasteiger partial charge is 0.489 e. The minimum atomic E-state index is -0.928. The number of para-hydroxylation sites is 1. The van der Waals surface area contributed by atoms with E-state index in [1.54, 1.807) is 0 Å². The molecule has 2 aliphatic rings. The van der Waals surface area contributed by atoms with Gasteiger partial charge in [-0.15, -0.1) is 0 Å². The molecule has 2 aliphatic heterocycles. The first-order valence-corrected chi connectivity index (χ1v) is 10.7. The zero-order valence-corrected chi connectivity index (χ0v) is 18.4. The van der Waals surface area contributed by atoms with Crippen LogP contribution in [0.5, 0.6) is 0 Å². The van der Waals surface area contributed by atoms with Crippen LogP contribution < -0.4 is 5.06 Å². The molecule has 3 atom stereocenters. The van der Waals surface area contributed by atoms with Crippen molar-refractivity contribution in [3.05, 3.63) is 58.9 Å². The van der Waals surface area contributed by atoms with Gasteiger partial charge in [-0.25, -0.2) is 5.06 Å². The second-order valence-corrected chi connectivity index (χ2v) is 8.96. The van der Waals surface area contributed by atoms with Gasteiger partial charge < -0.3 is 9.84 Å². The minimum absolute atomic E-state index is 0.252. The molecule has 4 heteroatoms. The quantitative estimate of drug-likeness (QED) is 0.553. The van der Waals surface area contributed by atoms with Gasteiger partial charge in [0.25, 0.3) is 0 Å². The van der Waals surface area contributed by atoms with E-state index in [1.807, 2.05) is 38.1 Å². The number of benzene rings is 1. The predicted molar refractivity (Wildman–Crippen MR) is 119 cm³/mol. The molecule has 158 valence electrons. The van der Waals surface area contributed by atoms with Crippen LogP contribution >= 0.6 is 0 Å². The van der Waals surface area contributed by atoms with E-state index < -0.39 is 5.60 Å². The Bertz CT molecular complexity index is 830. The van der Waals surface area contributed by atoms with Crippen molar-refractivity contribution in [2.75, 3.05) is 5.06 Å². The van der Waals surface area contributed by atoms with Gasteiger partial charge in [-0.2, -0.15) is 0 Å². The topological polar surface area (TPSA) is 52.9 Å². The molecule has 0 saturated heterocycles. The highest BCUT2D eigenvalue weighted by Gasteiger charge is 2.44. The summed E-state index contributed by atoms with van der Waals surface area (Å²) in [5.74, 6) is 0.782. The summed E-state index contributed by atoms with van der Waals surface area (Å²) in [6.07, 6.45) is 8.48. The van der Waals surface area contributed by atoms with Crippen molar-refractivity contribution in [2.45, 2.75) is 84.5 Å². The van der Waals surface area contributed by atoms with Crippen LogP contribution in [-0.2, 0) is 4.74 Å². The first kappa shape index (κ1) is 21.7. The SMILES string of the molecule is CC(C)=CCC/C(C)=C/CC[C@](C)(O)[C@H]1CC2=C(O1)C(C)N(O)c1ccccc12. The smallest absolute Gasteiger partial charge is 0.131 e. The maximum Gasteiger partial charge on any atom is 0.131 e. The van der Waals surface area contributed by atoms with E-state index in [0.29, 0.717) is 12.8 Å². The zero-order valence-electron chi connectivity index (χ0n) is 18.4. The summed E-state index contributed by atoms with van der Waals surface area (Å²) in [5.41, 5.74) is 4.70. The number of hydrogen-bond acceptors (Lipinski definition) is 4. The van der Waals surface area contributed by atoms with E-state index in [0.717, 1.165) is 41.8 Å². The third-order valence-electron chi connectivity index (χ3n) is 6.11. The second kappa shape index (κ2) is 8.76. The van der Waals surface area contributed by atoms with E-state index in [9.17, 15) is 10.3 Å². The van der Waals surface area contributed by atoms with Crippen molar-refractivity contribution in [2.24, 2.45) is 0 Å². The first-order chi connectivity index (χ1) is 13.7. The molecule has 0 amide bonds. The summed E-state index contributed by atoms with van der Waals surface area (Å²) < 4.78 is 6.22. The standard InChI is InChI=1S/C25H35NO3/c1-17(2)10-8-11-18(3)12-9-15-25(5,27)23-16-21-20-13-6-7-14-22(20)26(28)19(4)24(21)29-23/h6-7,10,12-14,19,23,27-28H,8-9,11,15-16H2,1-5H3/b18-12+/t19?,23-,25+/m1/s1. The lowest BCUT2D eigenvalue weighted by Crippen LogP contribution is -2.40. The molecule has 0 spiro atoms. The lowest BCUT2D eigenvalue weighted by Gasteiger charge is -2.33. The molecular weight excluding hydrogens is 362 g/mol. The molecule has 0 radical (unpaired) electrons. The molecule has 4 nitrogen and oxygen atoms in total. The van der Waals surface area contributed by atoms with E-state index in [1.165, 1.54) is 16.2 Å². The number of hydroxylamine groups is 1. The lowest BCUT2D eigenvalue weighted by molar-refractivity contribution is -0.0716. The fraction of sp³-hybridized carbons (Fsp3) is 0.520. The van der Waals surface area contributed by atoms with Gasteiger partial charge in [0.05, 0.1) is 11.3 Å². The van der Waals surface area contributed by atoms with Crippen LogP contribution in [0.1, 0.15) is 72.3 Å². The first-order valence-electron chi connectivity index (χ1n) is 10.7. The Kier molecular flexibility index (Phi) is 6.55. The van der Waals surface area contributed by atoms with Gasteiger partial charge in [0.2, 0.25) is 0 Å². The number of fused-ring (bicyclic) bond motifs is 2. The van der Waals surface area contributed by atoms with Gasteiger partial charge in [-0.1, -0.05) is 41.5 Å². The van der Waals surface area contributed by atoms with Crippen molar-refractivity contribution >= 4 is 11.3 Å². The summed E-state index contributed by atoms with van der Waals surface area (Å²) in [6, 6.07) is 7.58. The van der Waals surface area contributed by atoms with Crippen molar-refractivity contribution in [1.82, 2.24) is 0 Å². The summed E-state index contributed by atoms with van der Waals surface area (Å²) in [4.78, 5) is 0. The predicted octanol–water partition coefficient (Wildman–Crippen LogP) is 6.01. The maximum atomic E-state index is 11.2. The molecule has 0 fully saturated rings. The van der Waals surface area contributed by atoms with Crippen molar-refractivity contribution in [3.8, 4) is 0 Å². The molecular formula is C25H35NO3. The third kappa shape index (κ3) is 4.76. The average Bonchev–Trinajstić information content (AvgIpc) is 3.12. The van der Waals surface area contributed by atoms with Crippen LogP contribution in [0.4, 0.5) is 5.69 Å². The van der Waals surface area contributed by atoms with Crippen LogP contribution in [0.2, 0.25) is 0 Å². The number of aliphatic hydroxyl groups is 1. The average molecular weight is 398 g/mol. The van der Waals surface area contributed by atoms with Crippen LogP contribution in [0.25, 0.3) is 5.57 Å². The number of ether oxygens (including phenoxy) is 1. The Labute approximate surface area is 175 Å². The molecule has 0 bridgehead atoms. The molecule has 0 aliphatic carbocycles. The third-order valence-corrected chi connectivity index (χ3v) is 6.11. The molecule has 2 heterocycles. The van der Waals surface area contributed by atoms with Gasteiger partial charge in [-0.3, -0.25) is 5.21 Å². The van der Waals surface area contributed by atoms with Crippen LogP contribution in [0, 0.1) is 0 Å². The Morgan fingerprint density at radius 3 is 2.66 bits per heavy atom. The lowest BCUT2D eigenvalue weighted by atomic mass is 9.87. The monoisotopic (exact) mass is 397 g/mol. The molecule has 1 aromatic carbocycles. The summed E-state index contributed by atoms with van der Waals surface area (Å²) in [5, 5.41) is 22.9. The molecule has 1 aromatic rings. The second-order valence-electron chi connectivity index (χ2n) is 8.96. The van der Waals surface area contributed by atoms with E-state index in [-0.39, 0.29) is 12.1 Å². The van der Waals surface area contributed by atoms with Gasteiger partial charge in [-0.05, 0) is 66.4 Å². The Hall–Kier alpha value is -2.04. The van der Waals surface area contributed by atoms with E-state index in [2.05, 4.69) is 32.9 Å². The van der Waals surface area contributed by atoms with Gasteiger partial charge >= 0.3 is 0 Å². The summed E-state index contributed by atoms with van der Waals surface area (Å²) >= 11 is 0. The van der Waals surface area contributed by atoms with Gasteiger partial charge in [0, 0.05) is 17.6 Å². The summed E-state index contributed by atoms with van der Waals surface area (Å²) in [6.45, 7) is 10.2. The van der Waals surface area contributed by atoms with Crippen LogP contribution in [0.3, 0.4) is 0 Å². The highest BCUT2D eigenvalue weighted by Crippen LogP contribution is 2.46. The molecule has 1 unspecified atom stereocenters. The minimum Gasteiger partial charge on any atom is -0.489 e.